The van der Waals surface area contributed by atoms with Crippen LogP contribution in [0.1, 0.15) is 41.8 Å². The molecule has 0 aliphatic heterocycles. The largest absolute Gasteiger partial charge is 0.494 e. The van der Waals surface area contributed by atoms with Gasteiger partial charge in [0.05, 0.1) is 21.3 Å². The molecule has 0 unspecified atom stereocenters. The van der Waals surface area contributed by atoms with Crippen molar-refractivity contribution in [1.29, 1.82) is 0 Å². The van der Waals surface area contributed by atoms with Crippen molar-refractivity contribution in [2.45, 2.75) is 38.1 Å². The molecule has 1 aliphatic rings. The van der Waals surface area contributed by atoms with Crippen LogP contribution in [0, 0.1) is 0 Å². The fraction of sp³-hybridized carbons (Fsp3) is 0.550. The minimum absolute atomic E-state index is 0.114. The first-order chi connectivity index (χ1) is 13.2. The van der Waals surface area contributed by atoms with E-state index in [-0.39, 0.29) is 5.91 Å². The molecule has 1 heterocycles. The number of rotatable bonds is 8. The van der Waals surface area contributed by atoms with Gasteiger partial charge < -0.3 is 24.8 Å². The van der Waals surface area contributed by atoms with Gasteiger partial charge >= 0.3 is 0 Å². The molecule has 0 atom stereocenters. The highest BCUT2D eigenvalue weighted by atomic mass is 32.1. The maximum absolute atomic E-state index is 12.7. The van der Waals surface area contributed by atoms with E-state index in [0.29, 0.717) is 34.7 Å². The fourth-order valence-electron chi connectivity index (χ4n) is 3.59. The van der Waals surface area contributed by atoms with Crippen LogP contribution in [0.25, 0.3) is 10.1 Å². The van der Waals surface area contributed by atoms with Gasteiger partial charge in [-0.1, -0.05) is 19.3 Å². The van der Waals surface area contributed by atoms with Crippen LogP contribution in [-0.2, 0) is 0 Å². The lowest BCUT2D eigenvalue weighted by Crippen LogP contribution is -2.37. The Morgan fingerprint density at radius 1 is 1.04 bits per heavy atom. The minimum Gasteiger partial charge on any atom is -0.494 e. The van der Waals surface area contributed by atoms with Crippen LogP contribution >= 0.6 is 11.3 Å². The van der Waals surface area contributed by atoms with Crippen molar-refractivity contribution in [3.05, 3.63) is 17.0 Å². The Hall–Kier alpha value is -1.99. The maximum Gasteiger partial charge on any atom is 0.265 e. The molecule has 148 valence electrons. The first-order valence-corrected chi connectivity index (χ1v) is 10.2. The quantitative estimate of drug-likeness (QED) is 0.672. The molecule has 0 radical (unpaired) electrons. The van der Waals surface area contributed by atoms with Gasteiger partial charge in [-0.05, 0) is 18.9 Å². The molecule has 3 rings (SSSR count). The van der Waals surface area contributed by atoms with E-state index in [4.69, 9.17) is 14.2 Å². The molecule has 6 nitrogen and oxygen atoms in total. The Kier molecular flexibility index (Phi) is 6.79. The fourth-order valence-corrected chi connectivity index (χ4v) is 4.69. The number of carbonyl (C=O) groups is 1. The summed E-state index contributed by atoms with van der Waals surface area (Å²) in [4.78, 5) is 13.3. The number of fused-ring (bicyclic) bond motifs is 1. The van der Waals surface area contributed by atoms with Gasteiger partial charge in [0.2, 0.25) is 0 Å². The lowest BCUT2D eigenvalue weighted by molar-refractivity contribution is 0.0955. The first-order valence-electron chi connectivity index (χ1n) is 9.42. The molecule has 1 fully saturated rings. The van der Waals surface area contributed by atoms with E-state index in [1.165, 1.54) is 43.4 Å². The second kappa shape index (κ2) is 9.28. The van der Waals surface area contributed by atoms with Crippen LogP contribution in [-0.4, -0.2) is 46.4 Å². The second-order valence-electron chi connectivity index (χ2n) is 6.71. The highest BCUT2D eigenvalue weighted by molar-refractivity contribution is 7.21. The Balaban J connectivity index is 1.68. The highest BCUT2D eigenvalue weighted by Gasteiger charge is 2.21. The van der Waals surface area contributed by atoms with E-state index in [1.54, 1.807) is 21.3 Å². The Labute approximate surface area is 164 Å². The second-order valence-corrected chi connectivity index (χ2v) is 7.76. The van der Waals surface area contributed by atoms with Crippen molar-refractivity contribution in [2.75, 3.05) is 34.4 Å². The van der Waals surface area contributed by atoms with Crippen LogP contribution in [0.15, 0.2) is 12.1 Å². The summed E-state index contributed by atoms with van der Waals surface area (Å²) in [5.41, 5.74) is 0. The van der Waals surface area contributed by atoms with Gasteiger partial charge in [0.15, 0.2) is 11.5 Å². The number of thiophene rings is 1. The highest BCUT2D eigenvalue weighted by Crippen LogP contribution is 2.43. The molecule has 0 saturated heterocycles. The van der Waals surface area contributed by atoms with Crippen LogP contribution < -0.4 is 24.8 Å². The molecule has 1 aromatic carbocycles. The van der Waals surface area contributed by atoms with Crippen molar-refractivity contribution in [2.24, 2.45) is 0 Å². The van der Waals surface area contributed by atoms with Gasteiger partial charge in [-0.3, -0.25) is 4.79 Å². The zero-order valence-corrected chi connectivity index (χ0v) is 17.0. The Bertz CT molecular complexity index is 784. The maximum atomic E-state index is 12.7. The minimum atomic E-state index is -0.114. The van der Waals surface area contributed by atoms with Crippen molar-refractivity contribution in [3.8, 4) is 17.2 Å². The van der Waals surface area contributed by atoms with Gasteiger partial charge in [0, 0.05) is 35.3 Å². The summed E-state index contributed by atoms with van der Waals surface area (Å²) in [7, 11) is 4.77. The number of hydrogen-bond acceptors (Lipinski definition) is 6. The molecular weight excluding hydrogens is 364 g/mol. The topological polar surface area (TPSA) is 68.8 Å². The summed E-state index contributed by atoms with van der Waals surface area (Å²) >= 11 is 1.40. The molecule has 1 saturated carbocycles. The SMILES string of the molecule is COc1cc2sc(C(=O)NCCNC3CCCCC3)c(OC)c2cc1OC. The number of carbonyl (C=O) groups excluding carboxylic acids is 1. The number of ether oxygens (including phenoxy) is 3. The molecule has 0 spiro atoms. The number of nitrogens with one attached hydrogen (secondary N) is 2. The third-order valence-corrected chi connectivity index (χ3v) is 6.14. The van der Waals surface area contributed by atoms with Crippen LogP contribution in [0.4, 0.5) is 0 Å². The number of amides is 1. The normalized spacial score (nSPS) is 14.9. The van der Waals surface area contributed by atoms with Crippen molar-refractivity contribution in [3.63, 3.8) is 0 Å². The summed E-state index contributed by atoms with van der Waals surface area (Å²) in [6.07, 6.45) is 6.42. The third-order valence-electron chi connectivity index (χ3n) is 5.01. The summed E-state index contributed by atoms with van der Waals surface area (Å²) in [6, 6.07) is 4.32. The lowest BCUT2D eigenvalue weighted by Gasteiger charge is -2.22. The molecule has 1 aliphatic carbocycles. The predicted molar refractivity (Wildman–Crippen MR) is 109 cm³/mol. The molecule has 27 heavy (non-hydrogen) atoms. The standard InChI is InChI=1S/C20H28N2O4S/c1-24-15-11-14-17(12-16(15)25-2)27-19(18(14)26-3)20(23)22-10-9-21-13-7-5-4-6-8-13/h11-13,21H,4-10H2,1-3H3,(H,22,23). The van der Waals surface area contributed by atoms with Gasteiger partial charge in [-0.2, -0.15) is 0 Å². The monoisotopic (exact) mass is 392 g/mol. The van der Waals surface area contributed by atoms with Crippen molar-refractivity contribution in [1.82, 2.24) is 10.6 Å². The molecule has 1 amide bonds. The third kappa shape index (κ3) is 4.47. The van der Waals surface area contributed by atoms with Crippen LogP contribution in [0.3, 0.4) is 0 Å². The molecule has 1 aromatic heterocycles. The van der Waals surface area contributed by atoms with E-state index < -0.39 is 0 Å². The predicted octanol–water partition coefficient (Wildman–Crippen LogP) is 3.58. The van der Waals surface area contributed by atoms with Crippen molar-refractivity contribution >= 4 is 27.3 Å². The van der Waals surface area contributed by atoms with Crippen LogP contribution in [0.5, 0.6) is 17.2 Å². The molecule has 7 heteroatoms. The summed E-state index contributed by atoms with van der Waals surface area (Å²) in [5.74, 6) is 1.72. The zero-order valence-electron chi connectivity index (χ0n) is 16.2. The van der Waals surface area contributed by atoms with Gasteiger partial charge in [0.25, 0.3) is 5.91 Å². The van der Waals surface area contributed by atoms with Gasteiger partial charge in [-0.15, -0.1) is 11.3 Å². The number of methoxy groups -OCH3 is 3. The first kappa shape index (κ1) is 19.8. The molecule has 0 bridgehead atoms. The molecular formula is C20H28N2O4S. The Morgan fingerprint density at radius 3 is 2.41 bits per heavy atom. The summed E-state index contributed by atoms with van der Waals surface area (Å²) in [6.45, 7) is 1.38. The summed E-state index contributed by atoms with van der Waals surface area (Å²) < 4.78 is 17.2. The van der Waals surface area contributed by atoms with Crippen LogP contribution in [0.2, 0.25) is 0 Å². The van der Waals surface area contributed by atoms with E-state index in [2.05, 4.69) is 10.6 Å². The van der Waals surface area contributed by atoms with Gasteiger partial charge in [-0.25, -0.2) is 0 Å². The number of benzene rings is 1. The Morgan fingerprint density at radius 2 is 1.74 bits per heavy atom. The van der Waals surface area contributed by atoms with E-state index in [0.717, 1.165) is 16.6 Å². The van der Waals surface area contributed by atoms with Crippen molar-refractivity contribution < 1.29 is 19.0 Å². The van der Waals surface area contributed by atoms with E-state index in [1.807, 2.05) is 12.1 Å². The van der Waals surface area contributed by atoms with E-state index >= 15 is 0 Å². The molecule has 2 aromatic rings. The van der Waals surface area contributed by atoms with E-state index in [9.17, 15) is 4.79 Å². The average molecular weight is 393 g/mol. The molecule has 2 N–H and O–H groups in total. The zero-order chi connectivity index (χ0) is 19.2. The number of hydrogen-bond donors (Lipinski definition) is 2. The average Bonchev–Trinajstić information content (AvgIpc) is 3.08. The van der Waals surface area contributed by atoms with Gasteiger partial charge in [0.1, 0.15) is 10.6 Å². The lowest BCUT2D eigenvalue weighted by atomic mass is 9.95. The summed E-state index contributed by atoms with van der Waals surface area (Å²) in [5, 5.41) is 7.39. The smallest absolute Gasteiger partial charge is 0.265 e.